The normalized spacial score (nSPS) is 16.4. The van der Waals surface area contributed by atoms with Crippen LogP contribution in [0.1, 0.15) is 156 Å². The molecule has 47 heavy (non-hydrogen) atoms. The first-order valence-electron chi connectivity index (χ1n) is 18.6. The van der Waals surface area contributed by atoms with Gasteiger partial charge in [0.25, 0.3) is 0 Å². The summed E-state index contributed by atoms with van der Waals surface area (Å²) in [5.74, 6) is 1.01. The van der Waals surface area contributed by atoms with Crippen LogP contribution in [0.25, 0.3) is 0 Å². The van der Waals surface area contributed by atoms with Crippen molar-refractivity contribution in [3.8, 4) is 0 Å². The summed E-state index contributed by atoms with van der Waals surface area (Å²) in [4.78, 5) is 11.9. The van der Waals surface area contributed by atoms with E-state index >= 15 is 0 Å². The standard InChI is InChI=1S/C37H64O4S6/c1-5-7-9-11-13-15-17-19-21-23-25-40-30(3)27-42-34-35(47-37(46-34)36-44-29-32(45-36)33(38)39)43-28-31(4)41-26-24-22-20-18-16-14-12-10-8-6-2/h29-31H,5-28H2,1-4H3,(H,38,39)/t30-,31-/m0/s1. The zero-order valence-electron chi connectivity index (χ0n) is 29.8. The summed E-state index contributed by atoms with van der Waals surface area (Å²) in [6.45, 7) is 10.6. The topological polar surface area (TPSA) is 55.8 Å². The van der Waals surface area contributed by atoms with Crippen molar-refractivity contribution in [2.45, 2.75) is 168 Å². The van der Waals surface area contributed by atoms with Crippen molar-refractivity contribution < 1.29 is 19.4 Å². The van der Waals surface area contributed by atoms with E-state index in [1.165, 1.54) is 140 Å². The lowest BCUT2D eigenvalue weighted by Gasteiger charge is -2.15. The summed E-state index contributed by atoms with van der Waals surface area (Å²) in [5.41, 5.74) is 0. The SMILES string of the molecule is CCCCCCCCCCCCO[C@@H](C)CSC1=C(SC[C@H](C)OCCCCCCCCCCCC)SC(=C2SC=C(C(=O)O)S2)S1. The van der Waals surface area contributed by atoms with Gasteiger partial charge in [-0.1, -0.05) is 176 Å². The smallest absolute Gasteiger partial charge is 0.343 e. The molecule has 0 amide bonds. The lowest BCUT2D eigenvalue weighted by Crippen LogP contribution is -2.12. The molecule has 0 aromatic rings. The van der Waals surface area contributed by atoms with Crippen molar-refractivity contribution in [2.75, 3.05) is 24.7 Å². The van der Waals surface area contributed by atoms with Gasteiger partial charge in [0, 0.05) is 24.7 Å². The minimum absolute atomic E-state index is 0.207. The highest BCUT2D eigenvalue weighted by Gasteiger charge is 2.29. The summed E-state index contributed by atoms with van der Waals surface area (Å²) in [6, 6.07) is 0. The Kier molecular flexibility index (Phi) is 27.4. The maximum absolute atomic E-state index is 11.5. The van der Waals surface area contributed by atoms with Gasteiger partial charge < -0.3 is 14.6 Å². The van der Waals surface area contributed by atoms with E-state index in [1.54, 1.807) is 40.7 Å². The zero-order valence-corrected chi connectivity index (χ0v) is 34.7. The minimum atomic E-state index is -0.843. The highest BCUT2D eigenvalue weighted by Crippen LogP contribution is 2.62. The maximum atomic E-state index is 11.5. The van der Waals surface area contributed by atoms with Crippen LogP contribution in [0.3, 0.4) is 0 Å². The van der Waals surface area contributed by atoms with Crippen LogP contribution in [0.4, 0.5) is 0 Å². The number of carboxylic acid groups (broad SMARTS) is 1. The third-order valence-electron chi connectivity index (χ3n) is 8.09. The van der Waals surface area contributed by atoms with E-state index in [1.807, 2.05) is 23.5 Å². The Balaban J connectivity index is 1.68. The number of hydrogen-bond acceptors (Lipinski definition) is 9. The van der Waals surface area contributed by atoms with Crippen LogP contribution in [0, 0.1) is 0 Å². The molecule has 2 aliphatic heterocycles. The molecule has 0 aromatic heterocycles. The number of carboxylic acids is 1. The van der Waals surface area contributed by atoms with Gasteiger partial charge in [-0.2, -0.15) is 0 Å². The number of thioether (sulfide) groups is 6. The molecule has 0 fully saturated rings. The van der Waals surface area contributed by atoms with Crippen molar-refractivity contribution in [2.24, 2.45) is 0 Å². The third kappa shape index (κ3) is 21.6. The van der Waals surface area contributed by atoms with Crippen LogP contribution in [-0.4, -0.2) is 48.0 Å². The average Bonchev–Trinajstić information content (AvgIpc) is 3.72. The van der Waals surface area contributed by atoms with Crippen LogP contribution in [0.15, 0.2) is 27.3 Å². The molecule has 0 saturated carbocycles. The Bertz CT molecular complexity index is 888. The Morgan fingerprint density at radius 1 is 0.617 bits per heavy atom. The Morgan fingerprint density at radius 3 is 1.36 bits per heavy atom. The molecule has 0 unspecified atom stereocenters. The van der Waals surface area contributed by atoms with Crippen LogP contribution in [-0.2, 0) is 14.3 Å². The molecule has 0 bridgehead atoms. The first-order valence-corrected chi connectivity index (χ1v) is 23.9. The lowest BCUT2D eigenvalue weighted by atomic mass is 10.1. The van der Waals surface area contributed by atoms with E-state index in [9.17, 15) is 9.90 Å². The number of unbranched alkanes of at least 4 members (excludes halogenated alkanes) is 18. The zero-order chi connectivity index (χ0) is 34.0. The van der Waals surface area contributed by atoms with Gasteiger partial charge in [0.15, 0.2) is 0 Å². The summed E-state index contributed by atoms with van der Waals surface area (Å²) >= 11 is 10.3. The Labute approximate surface area is 314 Å². The predicted molar refractivity (Wildman–Crippen MR) is 220 cm³/mol. The van der Waals surface area contributed by atoms with Crippen molar-refractivity contribution in [1.82, 2.24) is 0 Å². The number of rotatable bonds is 31. The van der Waals surface area contributed by atoms with Crippen molar-refractivity contribution >= 4 is 76.5 Å². The summed E-state index contributed by atoms with van der Waals surface area (Å²) in [6.07, 6.45) is 27.2. The first-order chi connectivity index (χ1) is 22.9. The highest BCUT2D eigenvalue weighted by molar-refractivity contribution is 8.42. The van der Waals surface area contributed by atoms with Crippen LogP contribution < -0.4 is 0 Å². The van der Waals surface area contributed by atoms with Crippen molar-refractivity contribution in [3.63, 3.8) is 0 Å². The number of aliphatic carboxylic acids is 1. The second kappa shape index (κ2) is 29.3. The molecule has 0 aromatic carbocycles. The van der Waals surface area contributed by atoms with E-state index in [0.717, 1.165) is 41.8 Å². The fourth-order valence-corrected chi connectivity index (χ4v) is 13.4. The molecule has 4 nitrogen and oxygen atoms in total. The van der Waals surface area contributed by atoms with Gasteiger partial charge in [-0.15, -0.1) is 23.5 Å². The van der Waals surface area contributed by atoms with E-state index in [4.69, 9.17) is 9.47 Å². The highest BCUT2D eigenvalue weighted by atomic mass is 32.3. The number of hydrogen-bond donors (Lipinski definition) is 1. The fourth-order valence-electron chi connectivity index (χ4n) is 5.20. The molecule has 0 radical (unpaired) electrons. The van der Waals surface area contributed by atoms with Crippen LogP contribution >= 0.6 is 70.6 Å². The van der Waals surface area contributed by atoms with E-state index < -0.39 is 5.97 Å². The van der Waals surface area contributed by atoms with E-state index in [-0.39, 0.29) is 12.2 Å². The summed E-state index contributed by atoms with van der Waals surface area (Å²) in [5, 5.41) is 11.2. The molecule has 0 aliphatic carbocycles. The second-order valence-electron chi connectivity index (χ2n) is 12.7. The molecule has 0 saturated heterocycles. The lowest BCUT2D eigenvalue weighted by molar-refractivity contribution is -0.131. The van der Waals surface area contributed by atoms with Gasteiger partial charge in [0.1, 0.15) is 4.91 Å². The fraction of sp³-hybridized carbons (Fsp3) is 0.811. The van der Waals surface area contributed by atoms with Gasteiger partial charge in [-0.3, -0.25) is 0 Å². The van der Waals surface area contributed by atoms with E-state index in [2.05, 4.69) is 27.7 Å². The van der Waals surface area contributed by atoms with Gasteiger partial charge >= 0.3 is 5.97 Å². The second-order valence-corrected chi connectivity index (χ2v) is 19.8. The molecule has 272 valence electrons. The van der Waals surface area contributed by atoms with Crippen LogP contribution in [0.2, 0.25) is 0 Å². The number of ether oxygens (including phenoxy) is 2. The molecule has 2 aliphatic rings. The first kappa shape index (κ1) is 43.9. The number of carbonyl (C=O) groups is 1. The molecule has 2 heterocycles. The quantitative estimate of drug-likeness (QED) is 0.0691. The Hall–Kier alpha value is 0.710. The van der Waals surface area contributed by atoms with Crippen LogP contribution in [0.5, 0.6) is 0 Å². The van der Waals surface area contributed by atoms with Crippen molar-refractivity contribution in [3.05, 3.63) is 27.3 Å². The van der Waals surface area contributed by atoms with Gasteiger partial charge in [-0.25, -0.2) is 4.79 Å². The largest absolute Gasteiger partial charge is 0.477 e. The summed E-state index contributed by atoms with van der Waals surface area (Å²) < 4.78 is 17.3. The molecule has 10 heteroatoms. The Morgan fingerprint density at radius 2 is 1.00 bits per heavy atom. The third-order valence-corrected chi connectivity index (χ3v) is 17.0. The maximum Gasteiger partial charge on any atom is 0.343 e. The monoisotopic (exact) mass is 764 g/mol. The molecule has 1 N–H and O–H groups in total. The molecular weight excluding hydrogens is 701 g/mol. The molecule has 2 atom stereocenters. The van der Waals surface area contributed by atoms with Gasteiger partial charge in [0.2, 0.25) is 0 Å². The predicted octanol–water partition coefficient (Wildman–Crippen LogP) is 14.2. The summed E-state index contributed by atoms with van der Waals surface area (Å²) in [7, 11) is 0. The van der Waals surface area contributed by atoms with Gasteiger partial charge in [0.05, 0.1) is 29.2 Å². The van der Waals surface area contributed by atoms with E-state index in [0.29, 0.717) is 4.91 Å². The average molecular weight is 765 g/mol. The molecular formula is C37H64O4S6. The minimum Gasteiger partial charge on any atom is -0.477 e. The van der Waals surface area contributed by atoms with Gasteiger partial charge in [-0.05, 0) is 32.1 Å². The molecule has 0 spiro atoms. The van der Waals surface area contributed by atoms with Crippen molar-refractivity contribution in [1.29, 1.82) is 0 Å². The molecule has 2 rings (SSSR count).